The van der Waals surface area contributed by atoms with Gasteiger partial charge >= 0.3 is 11.9 Å². The SMILES string of the molecule is CC(C)(C)C(=O)OCn1ccc(N2CCO[C@H]([C@@H](O)C(=O)O)C2=O)n1. The maximum Gasteiger partial charge on any atom is 0.335 e. The second kappa shape index (κ2) is 7.19. The van der Waals surface area contributed by atoms with Crippen LogP contribution in [0.4, 0.5) is 5.82 Å². The Morgan fingerprint density at radius 2 is 2.16 bits per heavy atom. The van der Waals surface area contributed by atoms with Crippen molar-refractivity contribution >= 4 is 23.7 Å². The molecule has 1 aromatic rings. The van der Waals surface area contributed by atoms with Crippen molar-refractivity contribution in [2.24, 2.45) is 5.41 Å². The van der Waals surface area contributed by atoms with Crippen molar-refractivity contribution in [3.05, 3.63) is 12.3 Å². The summed E-state index contributed by atoms with van der Waals surface area (Å²) in [5, 5.41) is 22.5. The Bertz CT molecular complexity index is 664. The Kier molecular flexibility index (Phi) is 5.43. The lowest BCUT2D eigenvalue weighted by Crippen LogP contribution is -2.54. The number of ether oxygens (including phenoxy) is 2. The lowest BCUT2D eigenvalue weighted by atomic mass is 9.98. The van der Waals surface area contributed by atoms with Gasteiger partial charge in [0.25, 0.3) is 5.91 Å². The highest BCUT2D eigenvalue weighted by atomic mass is 16.5. The van der Waals surface area contributed by atoms with Crippen LogP contribution >= 0.6 is 0 Å². The molecular formula is C15H21N3O7. The smallest absolute Gasteiger partial charge is 0.335 e. The van der Waals surface area contributed by atoms with Gasteiger partial charge in [-0.05, 0) is 20.8 Å². The van der Waals surface area contributed by atoms with Crippen LogP contribution in [0.2, 0.25) is 0 Å². The van der Waals surface area contributed by atoms with Gasteiger partial charge in [-0.15, -0.1) is 0 Å². The molecule has 1 amide bonds. The van der Waals surface area contributed by atoms with Crippen LogP contribution in [0.3, 0.4) is 0 Å². The van der Waals surface area contributed by atoms with Crippen LogP contribution in [-0.4, -0.2) is 63.2 Å². The summed E-state index contributed by atoms with van der Waals surface area (Å²) in [5.74, 6) is -2.38. The van der Waals surface area contributed by atoms with Gasteiger partial charge in [-0.2, -0.15) is 5.10 Å². The molecule has 1 aliphatic heterocycles. The average Bonchev–Trinajstić information content (AvgIpc) is 2.99. The molecule has 0 aliphatic carbocycles. The molecule has 0 aromatic carbocycles. The van der Waals surface area contributed by atoms with E-state index in [2.05, 4.69) is 5.10 Å². The van der Waals surface area contributed by atoms with Crippen molar-refractivity contribution in [2.45, 2.75) is 39.7 Å². The van der Waals surface area contributed by atoms with E-state index in [0.29, 0.717) is 0 Å². The molecule has 1 aliphatic rings. The Hall–Kier alpha value is -2.46. The van der Waals surface area contributed by atoms with E-state index < -0.39 is 35.5 Å². The molecule has 0 saturated carbocycles. The van der Waals surface area contributed by atoms with Crippen LogP contribution in [-0.2, 0) is 30.6 Å². The van der Waals surface area contributed by atoms with Gasteiger partial charge in [0.1, 0.15) is 0 Å². The van der Waals surface area contributed by atoms with Gasteiger partial charge in [0.05, 0.1) is 18.6 Å². The van der Waals surface area contributed by atoms with Crippen molar-refractivity contribution < 1.29 is 34.1 Å². The zero-order valence-corrected chi connectivity index (χ0v) is 14.2. The molecule has 1 saturated heterocycles. The fourth-order valence-electron chi connectivity index (χ4n) is 2.10. The number of rotatable bonds is 5. The molecule has 138 valence electrons. The molecular weight excluding hydrogens is 334 g/mol. The van der Waals surface area contributed by atoms with Crippen molar-refractivity contribution in [3.63, 3.8) is 0 Å². The summed E-state index contributed by atoms with van der Waals surface area (Å²) in [5.41, 5.74) is -0.643. The molecule has 1 fully saturated rings. The first-order valence-electron chi connectivity index (χ1n) is 7.66. The topological polar surface area (TPSA) is 131 Å². The number of carbonyl (C=O) groups is 3. The van der Waals surface area contributed by atoms with Crippen molar-refractivity contribution in [2.75, 3.05) is 18.1 Å². The second-order valence-corrected chi connectivity index (χ2v) is 6.59. The number of hydrogen-bond acceptors (Lipinski definition) is 7. The number of anilines is 1. The molecule has 10 nitrogen and oxygen atoms in total. The van der Waals surface area contributed by atoms with Gasteiger partial charge in [-0.3, -0.25) is 14.5 Å². The minimum Gasteiger partial charge on any atom is -0.479 e. The lowest BCUT2D eigenvalue weighted by Gasteiger charge is -2.31. The molecule has 0 unspecified atom stereocenters. The minimum atomic E-state index is -1.95. The molecule has 0 spiro atoms. The summed E-state index contributed by atoms with van der Waals surface area (Å²) in [4.78, 5) is 36.2. The molecule has 2 atom stereocenters. The Morgan fingerprint density at radius 3 is 2.76 bits per heavy atom. The molecule has 1 aromatic heterocycles. The van der Waals surface area contributed by atoms with E-state index in [0.717, 1.165) is 0 Å². The highest BCUT2D eigenvalue weighted by Crippen LogP contribution is 2.19. The van der Waals surface area contributed by atoms with E-state index >= 15 is 0 Å². The number of carboxylic acid groups (broad SMARTS) is 1. The Balaban J connectivity index is 2.04. The third-order valence-electron chi connectivity index (χ3n) is 3.50. The maximum atomic E-state index is 12.3. The van der Waals surface area contributed by atoms with Gasteiger partial charge < -0.3 is 19.7 Å². The van der Waals surface area contributed by atoms with Gasteiger partial charge in [0.2, 0.25) is 0 Å². The molecule has 10 heteroatoms. The second-order valence-electron chi connectivity index (χ2n) is 6.59. The standard InChI is InChI=1S/C15H21N3O7/c1-15(2,3)14(23)25-8-17-5-4-9(16-17)18-6-7-24-11(12(18)20)10(19)13(21)22/h4-5,10-11,19H,6-8H2,1-3H3,(H,21,22)/t10-,11-/m1/s1. The molecule has 0 bridgehead atoms. The summed E-state index contributed by atoms with van der Waals surface area (Å²) < 4.78 is 11.5. The number of amides is 1. The van der Waals surface area contributed by atoms with Gasteiger partial charge in [-0.25, -0.2) is 9.48 Å². The first kappa shape index (κ1) is 18.9. The quantitative estimate of drug-likeness (QED) is 0.683. The normalized spacial score (nSPS) is 19.6. The highest BCUT2D eigenvalue weighted by Gasteiger charge is 2.40. The third kappa shape index (κ3) is 4.34. The number of aliphatic hydroxyl groups is 1. The number of aliphatic carboxylic acids is 1. The average molecular weight is 355 g/mol. The molecule has 2 rings (SSSR count). The Morgan fingerprint density at radius 1 is 1.48 bits per heavy atom. The minimum absolute atomic E-state index is 0.0621. The van der Waals surface area contributed by atoms with Crippen LogP contribution in [0.15, 0.2) is 12.3 Å². The van der Waals surface area contributed by atoms with E-state index in [4.69, 9.17) is 14.6 Å². The van der Waals surface area contributed by atoms with Crippen LogP contribution in [0.25, 0.3) is 0 Å². The maximum absolute atomic E-state index is 12.3. The van der Waals surface area contributed by atoms with E-state index in [1.165, 1.54) is 21.8 Å². The van der Waals surface area contributed by atoms with E-state index in [-0.39, 0.29) is 25.7 Å². The molecule has 2 N–H and O–H groups in total. The zero-order valence-electron chi connectivity index (χ0n) is 14.2. The number of carbonyl (C=O) groups excluding carboxylic acids is 2. The van der Waals surface area contributed by atoms with Crippen molar-refractivity contribution in [3.8, 4) is 0 Å². The van der Waals surface area contributed by atoms with E-state index in [1.54, 1.807) is 20.8 Å². The summed E-state index contributed by atoms with van der Waals surface area (Å²) in [6.45, 7) is 5.29. The number of carboxylic acids is 1. The number of nitrogens with zero attached hydrogens (tertiary/aromatic N) is 3. The summed E-state index contributed by atoms with van der Waals surface area (Å²) in [6.07, 6.45) is -1.92. The first-order valence-corrected chi connectivity index (χ1v) is 7.66. The fourth-order valence-corrected chi connectivity index (χ4v) is 2.10. The van der Waals surface area contributed by atoms with Crippen molar-refractivity contribution in [1.29, 1.82) is 0 Å². The zero-order chi connectivity index (χ0) is 18.8. The third-order valence-corrected chi connectivity index (χ3v) is 3.50. The van der Waals surface area contributed by atoms with E-state index in [1.807, 2.05) is 0 Å². The van der Waals surface area contributed by atoms with Crippen LogP contribution in [0, 0.1) is 5.41 Å². The summed E-state index contributed by atoms with van der Waals surface area (Å²) in [7, 11) is 0. The number of esters is 1. The number of morpholine rings is 1. The molecule has 25 heavy (non-hydrogen) atoms. The fraction of sp³-hybridized carbons (Fsp3) is 0.600. The van der Waals surface area contributed by atoms with Crippen LogP contribution < -0.4 is 4.90 Å². The summed E-state index contributed by atoms with van der Waals surface area (Å²) in [6, 6.07) is 1.53. The van der Waals surface area contributed by atoms with Crippen molar-refractivity contribution in [1.82, 2.24) is 9.78 Å². The van der Waals surface area contributed by atoms with Gasteiger partial charge in [0, 0.05) is 12.3 Å². The van der Waals surface area contributed by atoms with E-state index in [9.17, 15) is 19.5 Å². The molecule has 0 radical (unpaired) electrons. The number of aromatic nitrogens is 2. The van der Waals surface area contributed by atoms with Gasteiger partial charge in [-0.1, -0.05) is 0 Å². The predicted octanol–water partition coefficient (Wildman–Crippen LogP) is -0.393. The predicted molar refractivity (Wildman–Crippen MR) is 83.5 cm³/mol. The van der Waals surface area contributed by atoms with Crippen LogP contribution in [0.5, 0.6) is 0 Å². The number of aliphatic hydroxyl groups excluding tert-OH is 1. The highest BCUT2D eigenvalue weighted by molar-refractivity contribution is 5.99. The Labute approximate surface area is 143 Å². The van der Waals surface area contributed by atoms with Crippen LogP contribution in [0.1, 0.15) is 20.8 Å². The summed E-state index contributed by atoms with van der Waals surface area (Å²) >= 11 is 0. The molecule has 2 heterocycles. The number of hydrogen-bond donors (Lipinski definition) is 2. The monoisotopic (exact) mass is 355 g/mol. The lowest BCUT2D eigenvalue weighted by molar-refractivity contribution is -0.163. The first-order chi connectivity index (χ1) is 11.6. The largest absolute Gasteiger partial charge is 0.479 e. The van der Waals surface area contributed by atoms with Gasteiger partial charge in [0.15, 0.2) is 24.8 Å².